The minimum Gasteiger partial charge on any atom is -0.494 e. The van der Waals surface area contributed by atoms with Gasteiger partial charge in [-0.25, -0.2) is 4.39 Å². The second-order valence-electron chi connectivity index (χ2n) is 2.24. The van der Waals surface area contributed by atoms with E-state index in [9.17, 15) is 4.39 Å². The molecule has 70 valence electrons. The predicted molar refractivity (Wildman–Crippen MR) is 47.1 cm³/mol. The molecule has 5 heteroatoms. The largest absolute Gasteiger partial charge is 0.494 e. The van der Waals surface area contributed by atoms with Crippen LogP contribution in [0, 0.1) is 5.82 Å². The third-order valence-electron chi connectivity index (χ3n) is 1.48. The van der Waals surface area contributed by atoms with Crippen molar-refractivity contribution in [2.75, 3.05) is 7.11 Å². The number of oxime groups is 1. The number of hydrogen-bond acceptors (Lipinski definition) is 3. The molecule has 0 atom stereocenters. The first-order valence-corrected chi connectivity index (χ1v) is 3.78. The van der Waals surface area contributed by atoms with Gasteiger partial charge >= 0.3 is 0 Å². The van der Waals surface area contributed by atoms with E-state index in [2.05, 4.69) is 5.16 Å². The number of ether oxygens (including phenoxy) is 1. The highest BCUT2D eigenvalue weighted by Crippen LogP contribution is 2.18. The van der Waals surface area contributed by atoms with Crippen LogP contribution in [0.2, 0.25) is 0 Å². The Morgan fingerprint density at radius 1 is 1.62 bits per heavy atom. The maximum absolute atomic E-state index is 13.0. The highest BCUT2D eigenvalue weighted by Gasteiger charge is 2.06. The van der Waals surface area contributed by atoms with Crippen LogP contribution < -0.4 is 4.74 Å². The third-order valence-corrected chi connectivity index (χ3v) is 1.77. The van der Waals surface area contributed by atoms with Crippen LogP contribution in [-0.4, -0.2) is 17.5 Å². The topological polar surface area (TPSA) is 41.8 Å². The zero-order chi connectivity index (χ0) is 9.84. The lowest BCUT2D eigenvalue weighted by Gasteiger charge is -2.02. The molecule has 0 spiro atoms. The van der Waals surface area contributed by atoms with Crippen LogP contribution in [0.15, 0.2) is 23.4 Å². The summed E-state index contributed by atoms with van der Waals surface area (Å²) in [6.45, 7) is 0. The molecule has 0 bridgehead atoms. The molecule has 0 saturated heterocycles. The highest BCUT2D eigenvalue weighted by atomic mass is 35.5. The summed E-state index contributed by atoms with van der Waals surface area (Å²) in [7, 11) is 1.36. The van der Waals surface area contributed by atoms with Gasteiger partial charge in [0, 0.05) is 5.56 Å². The summed E-state index contributed by atoms with van der Waals surface area (Å²) in [5, 5.41) is 10.9. The Morgan fingerprint density at radius 3 is 2.77 bits per heavy atom. The lowest BCUT2D eigenvalue weighted by Crippen LogP contribution is -1.94. The van der Waals surface area contributed by atoms with Crippen LogP contribution in [0.3, 0.4) is 0 Å². The number of nitrogens with zero attached hydrogens (tertiary/aromatic N) is 1. The van der Waals surface area contributed by atoms with Crippen LogP contribution in [0.5, 0.6) is 5.75 Å². The van der Waals surface area contributed by atoms with Gasteiger partial charge in [-0.1, -0.05) is 16.8 Å². The average molecular weight is 204 g/mol. The molecule has 0 unspecified atom stereocenters. The Morgan fingerprint density at radius 2 is 2.31 bits per heavy atom. The first-order valence-electron chi connectivity index (χ1n) is 3.40. The van der Waals surface area contributed by atoms with Gasteiger partial charge in [0.05, 0.1) is 7.11 Å². The van der Waals surface area contributed by atoms with E-state index in [0.717, 1.165) is 6.07 Å². The van der Waals surface area contributed by atoms with E-state index in [1.807, 2.05) is 0 Å². The Kier molecular flexibility index (Phi) is 3.08. The molecule has 3 nitrogen and oxygen atoms in total. The predicted octanol–water partition coefficient (Wildman–Crippen LogP) is 2.21. The fraction of sp³-hybridized carbons (Fsp3) is 0.125. The van der Waals surface area contributed by atoms with Gasteiger partial charge in [0.25, 0.3) is 0 Å². The van der Waals surface area contributed by atoms with E-state index in [1.165, 1.54) is 19.2 Å². The molecule has 1 aromatic carbocycles. The van der Waals surface area contributed by atoms with Gasteiger partial charge in [-0.3, -0.25) is 0 Å². The Labute approximate surface area is 79.4 Å². The number of benzene rings is 1. The van der Waals surface area contributed by atoms with Gasteiger partial charge in [-0.2, -0.15) is 0 Å². The SMILES string of the molecule is COc1ccc(/C(Cl)=N\O)cc1F. The molecule has 1 aromatic rings. The number of rotatable bonds is 2. The van der Waals surface area contributed by atoms with Crippen molar-refractivity contribution in [2.24, 2.45) is 5.16 Å². The van der Waals surface area contributed by atoms with Gasteiger partial charge in [0.1, 0.15) is 0 Å². The standard InChI is InChI=1S/C8H7ClFNO2/c1-13-7-3-2-5(4-6(7)10)8(9)11-12/h2-4,12H,1H3/b11-8+. The second kappa shape index (κ2) is 4.09. The number of hydrogen-bond donors (Lipinski definition) is 1. The first-order chi connectivity index (χ1) is 6.19. The van der Waals surface area contributed by atoms with Crippen LogP contribution in [0.1, 0.15) is 5.56 Å². The van der Waals surface area contributed by atoms with Gasteiger partial charge in [0.15, 0.2) is 16.7 Å². The average Bonchev–Trinajstić information content (AvgIpc) is 2.16. The lowest BCUT2D eigenvalue weighted by molar-refractivity contribution is 0.321. The highest BCUT2D eigenvalue weighted by molar-refractivity contribution is 6.69. The molecule has 0 saturated carbocycles. The fourth-order valence-corrected chi connectivity index (χ4v) is 0.970. The van der Waals surface area contributed by atoms with E-state index in [4.69, 9.17) is 21.5 Å². The van der Waals surface area contributed by atoms with Crippen LogP contribution in [0.25, 0.3) is 0 Å². The first kappa shape index (κ1) is 9.80. The minimum atomic E-state index is -0.554. The fourth-order valence-electron chi connectivity index (χ4n) is 0.852. The van der Waals surface area contributed by atoms with Crippen molar-refractivity contribution >= 4 is 16.8 Å². The number of methoxy groups -OCH3 is 1. The summed E-state index contributed by atoms with van der Waals surface area (Å²) < 4.78 is 17.7. The van der Waals surface area contributed by atoms with Crippen molar-refractivity contribution in [2.45, 2.75) is 0 Å². The molecular weight excluding hydrogens is 197 g/mol. The molecule has 0 aliphatic carbocycles. The van der Waals surface area contributed by atoms with Gasteiger partial charge in [0.2, 0.25) is 0 Å². The van der Waals surface area contributed by atoms with Gasteiger partial charge < -0.3 is 9.94 Å². The summed E-state index contributed by atoms with van der Waals surface area (Å²) in [5.41, 5.74) is 0.294. The van der Waals surface area contributed by atoms with E-state index >= 15 is 0 Å². The molecule has 0 radical (unpaired) electrons. The second-order valence-corrected chi connectivity index (χ2v) is 2.60. The molecule has 0 fully saturated rings. The molecule has 0 aliphatic heterocycles. The van der Waals surface area contributed by atoms with E-state index in [1.54, 1.807) is 0 Å². The maximum atomic E-state index is 13.0. The van der Waals surface area contributed by atoms with Crippen molar-refractivity contribution in [3.05, 3.63) is 29.6 Å². The van der Waals surface area contributed by atoms with E-state index in [-0.39, 0.29) is 10.9 Å². The molecule has 0 heterocycles. The molecule has 1 N–H and O–H groups in total. The van der Waals surface area contributed by atoms with Crippen molar-refractivity contribution in [1.29, 1.82) is 0 Å². The summed E-state index contributed by atoms with van der Waals surface area (Å²) in [4.78, 5) is 0. The lowest BCUT2D eigenvalue weighted by atomic mass is 10.2. The summed E-state index contributed by atoms with van der Waals surface area (Å²) in [5.74, 6) is -0.437. The quantitative estimate of drug-likeness (QED) is 0.455. The Balaban J connectivity index is 3.10. The molecule has 0 aliphatic rings. The number of halogens is 2. The summed E-state index contributed by atoms with van der Waals surface area (Å²) in [6, 6.07) is 4.02. The summed E-state index contributed by atoms with van der Waals surface area (Å²) in [6.07, 6.45) is 0. The Hall–Kier alpha value is -1.29. The third kappa shape index (κ3) is 2.09. The zero-order valence-electron chi connectivity index (χ0n) is 6.79. The van der Waals surface area contributed by atoms with Crippen LogP contribution in [0.4, 0.5) is 4.39 Å². The van der Waals surface area contributed by atoms with Crippen LogP contribution in [-0.2, 0) is 0 Å². The van der Waals surface area contributed by atoms with Crippen molar-refractivity contribution in [1.82, 2.24) is 0 Å². The molecular formula is C8H7ClFNO2. The van der Waals surface area contributed by atoms with Crippen molar-refractivity contribution in [3.8, 4) is 5.75 Å². The van der Waals surface area contributed by atoms with Crippen LogP contribution >= 0.6 is 11.6 Å². The van der Waals surface area contributed by atoms with Crippen molar-refractivity contribution < 1.29 is 14.3 Å². The van der Waals surface area contributed by atoms with Gasteiger partial charge in [-0.15, -0.1) is 0 Å². The zero-order valence-corrected chi connectivity index (χ0v) is 7.55. The molecule has 13 heavy (non-hydrogen) atoms. The van der Waals surface area contributed by atoms with Crippen molar-refractivity contribution in [3.63, 3.8) is 0 Å². The molecule has 1 rings (SSSR count). The van der Waals surface area contributed by atoms with Gasteiger partial charge in [-0.05, 0) is 18.2 Å². The normalized spacial score (nSPS) is 11.5. The van der Waals surface area contributed by atoms with E-state index < -0.39 is 5.82 Å². The molecule has 0 amide bonds. The minimum absolute atomic E-state index is 0.117. The maximum Gasteiger partial charge on any atom is 0.175 e. The monoisotopic (exact) mass is 203 g/mol. The Bertz CT molecular complexity index is 341. The smallest absolute Gasteiger partial charge is 0.175 e. The summed E-state index contributed by atoms with van der Waals surface area (Å²) >= 11 is 5.45. The van der Waals surface area contributed by atoms with E-state index in [0.29, 0.717) is 5.56 Å². The molecule has 0 aromatic heterocycles.